The molecule has 0 radical (unpaired) electrons. The van der Waals surface area contributed by atoms with Crippen LogP contribution in [0.4, 0.5) is 5.13 Å². The molecule has 0 atom stereocenters. The standard InChI is InChI=1S/C7H14N4S/c1-6(2)8-3-4-9-7-10-5-11-12-7/h5-6,8H,3-4H2,1-2H3,(H,9,10,11). The Kier molecular flexibility index (Phi) is 3.96. The first-order valence-electron chi connectivity index (χ1n) is 4.03. The molecule has 0 aliphatic rings. The van der Waals surface area contributed by atoms with E-state index in [4.69, 9.17) is 0 Å². The maximum absolute atomic E-state index is 4.00. The van der Waals surface area contributed by atoms with E-state index in [0.717, 1.165) is 18.2 Å². The van der Waals surface area contributed by atoms with Gasteiger partial charge in [0.1, 0.15) is 6.33 Å². The minimum absolute atomic E-state index is 0.543. The van der Waals surface area contributed by atoms with Crippen molar-refractivity contribution in [2.45, 2.75) is 19.9 Å². The summed E-state index contributed by atoms with van der Waals surface area (Å²) in [7, 11) is 0. The molecule has 4 nitrogen and oxygen atoms in total. The quantitative estimate of drug-likeness (QED) is 0.672. The van der Waals surface area contributed by atoms with Crippen molar-refractivity contribution in [2.24, 2.45) is 0 Å². The molecular formula is C7H14N4S. The largest absolute Gasteiger partial charge is 0.359 e. The van der Waals surface area contributed by atoms with Crippen LogP contribution < -0.4 is 10.6 Å². The zero-order valence-electron chi connectivity index (χ0n) is 7.37. The van der Waals surface area contributed by atoms with Crippen molar-refractivity contribution >= 4 is 16.7 Å². The third kappa shape index (κ3) is 3.64. The Morgan fingerprint density at radius 3 is 2.92 bits per heavy atom. The summed E-state index contributed by atoms with van der Waals surface area (Å²) in [5.41, 5.74) is 0. The fraction of sp³-hybridized carbons (Fsp3) is 0.714. The molecule has 0 fully saturated rings. The Bertz CT molecular complexity index is 197. The fourth-order valence-electron chi connectivity index (χ4n) is 0.781. The zero-order chi connectivity index (χ0) is 8.81. The summed E-state index contributed by atoms with van der Waals surface area (Å²) >= 11 is 1.38. The highest BCUT2D eigenvalue weighted by molar-refractivity contribution is 7.09. The van der Waals surface area contributed by atoms with Gasteiger partial charge in [0, 0.05) is 30.7 Å². The Labute approximate surface area is 76.6 Å². The topological polar surface area (TPSA) is 49.8 Å². The Morgan fingerprint density at radius 1 is 1.50 bits per heavy atom. The number of hydrogen-bond acceptors (Lipinski definition) is 5. The first kappa shape index (κ1) is 9.41. The second kappa shape index (κ2) is 5.05. The SMILES string of the molecule is CC(C)NCCNc1ncns1. The molecule has 0 spiro atoms. The molecule has 0 saturated carbocycles. The van der Waals surface area contributed by atoms with Gasteiger partial charge < -0.3 is 10.6 Å². The minimum Gasteiger partial charge on any atom is -0.359 e. The zero-order valence-corrected chi connectivity index (χ0v) is 8.19. The monoisotopic (exact) mass is 186 g/mol. The number of anilines is 1. The predicted molar refractivity (Wildman–Crippen MR) is 51.5 cm³/mol. The first-order valence-corrected chi connectivity index (χ1v) is 4.80. The lowest BCUT2D eigenvalue weighted by Gasteiger charge is -2.07. The van der Waals surface area contributed by atoms with Crippen LogP contribution in [0.3, 0.4) is 0 Å². The summed E-state index contributed by atoms with van der Waals surface area (Å²) in [5.74, 6) is 0. The van der Waals surface area contributed by atoms with Gasteiger partial charge in [0.15, 0.2) is 0 Å². The van der Waals surface area contributed by atoms with E-state index in [-0.39, 0.29) is 0 Å². The molecule has 0 amide bonds. The van der Waals surface area contributed by atoms with Gasteiger partial charge >= 0.3 is 0 Å². The van der Waals surface area contributed by atoms with E-state index in [0.29, 0.717) is 6.04 Å². The van der Waals surface area contributed by atoms with E-state index in [1.165, 1.54) is 11.5 Å². The van der Waals surface area contributed by atoms with Crippen molar-refractivity contribution in [3.63, 3.8) is 0 Å². The van der Waals surface area contributed by atoms with Gasteiger partial charge in [-0.25, -0.2) is 4.98 Å². The second-order valence-electron chi connectivity index (χ2n) is 2.78. The maximum Gasteiger partial charge on any atom is 0.202 e. The van der Waals surface area contributed by atoms with E-state index >= 15 is 0 Å². The molecule has 1 aromatic heterocycles. The van der Waals surface area contributed by atoms with Crippen molar-refractivity contribution in [2.75, 3.05) is 18.4 Å². The molecule has 0 aromatic carbocycles. The highest BCUT2D eigenvalue weighted by Gasteiger charge is 1.94. The summed E-state index contributed by atoms with van der Waals surface area (Å²) in [4.78, 5) is 4.00. The van der Waals surface area contributed by atoms with Gasteiger partial charge in [-0.3, -0.25) is 0 Å². The van der Waals surface area contributed by atoms with E-state index in [1.54, 1.807) is 6.33 Å². The molecule has 1 heterocycles. The molecule has 2 N–H and O–H groups in total. The van der Waals surface area contributed by atoms with Gasteiger partial charge in [0.2, 0.25) is 5.13 Å². The molecule has 1 rings (SSSR count). The van der Waals surface area contributed by atoms with Crippen molar-refractivity contribution in [1.29, 1.82) is 0 Å². The molecule has 0 unspecified atom stereocenters. The van der Waals surface area contributed by atoms with Gasteiger partial charge in [0.25, 0.3) is 0 Å². The van der Waals surface area contributed by atoms with Crippen molar-refractivity contribution in [1.82, 2.24) is 14.7 Å². The highest BCUT2D eigenvalue weighted by atomic mass is 32.1. The molecule has 68 valence electrons. The summed E-state index contributed by atoms with van der Waals surface area (Å²) in [5, 5.41) is 7.35. The van der Waals surface area contributed by atoms with Gasteiger partial charge in [-0.05, 0) is 0 Å². The predicted octanol–water partition coefficient (Wildman–Crippen LogP) is 0.948. The first-order chi connectivity index (χ1) is 5.79. The van der Waals surface area contributed by atoms with Gasteiger partial charge in [0.05, 0.1) is 0 Å². The molecule has 0 bridgehead atoms. The van der Waals surface area contributed by atoms with Gasteiger partial charge in [-0.15, -0.1) is 0 Å². The number of nitrogens with one attached hydrogen (secondary N) is 2. The van der Waals surface area contributed by atoms with E-state index in [2.05, 4.69) is 33.8 Å². The molecule has 0 aliphatic heterocycles. The van der Waals surface area contributed by atoms with Crippen molar-refractivity contribution in [3.8, 4) is 0 Å². The number of nitrogens with zero attached hydrogens (tertiary/aromatic N) is 2. The Morgan fingerprint density at radius 2 is 2.33 bits per heavy atom. The average molecular weight is 186 g/mol. The summed E-state index contributed by atoms with van der Waals surface area (Å²) in [6.45, 7) is 6.11. The molecule has 12 heavy (non-hydrogen) atoms. The van der Waals surface area contributed by atoms with Crippen LogP contribution in [0, 0.1) is 0 Å². The molecule has 0 saturated heterocycles. The molecule has 0 aliphatic carbocycles. The Balaban J connectivity index is 2.04. The number of rotatable bonds is 5. The molecular weight excluding hydrogens is 172 g/mol. The van der Waals surface area contributed by atoms with Crippen molar-refractivity contribution < 1.29 is 0 Å². The fourth-order valence-corrected chi connectivity index (χ4v) is 1.24. The second-order valence-corrected chi connectivity index (χ2v) is 3.56. The van der Waals surface area contributed by atoms with Gasteiger partial charge in [-0.2, -0.15) is 4.37 Å². The van der Waals surface area contributed by atoms with Crippen LogP contribution in [-0.2, 0) is 0 Å². The van der Waals surface area contributed by atoms with Crippen LogP contribution in [-0.4, -0.2) is 28.5 Å². The summed E-state index contributed by atoms with van der Waals surface area (Å²) in [6.07, 6.45) is 1.56. The number of hydrogen-bond donors (Lipinski definition) is 2. The van der Waals surface area contributed by atoms with Gasteiger partial charge in [-0.1, -0.05) is 13.8 Å². The highest BCUT2D eigenvalue weighted by Crippen LogP contribution is 2.04. The number of aromatic nitrogens is 2. The summed E-state index contributed by atoms with van der Waals surface area (Å²) < 4.78 is 3.88. The molecule has 1 aromatic rings. The molecule has 5 heteroatoms. The minimum atomic E-state index is 0.543. The lowest BCUT2D eigenvalue weighted by atomic mass is 10.4. The Hall–Kier alpha value is -0.680. The van der Waals surface area contributed by atoms with Crippen LogP contribution in [0.15, 0.2) is 6.33 Å². The van der Waals surface area contributed by atoms with Crippen molar-refractivity contribution in [3.05, 3.63) is 6.33 Å². The third-order valence-electron chi connectivity index (χ3n) is 1.32. The lowest BCUT2D eigenvalue weighted by molar-refractivity contribution is 0.602. The average Bonchev–Trinajstić information content (AvgIpc) is 2.49. The van der Waals surface area contributed by atoms with Crippen LogP contribution >= 0.6 is 11.5 Å². The smallest absolute Gasteiger partial charge is 0.202 e. The van der Waals surface area contributed by atoms with E-state index in [1.807, 2.05) is 0 Å². The third-order valence-corrected chi connectivity index (χ3v) is 1.94. The van der Waals surface area contributed by atoms with E-state index < -0.39 is 0 Å². The van der Waals surface area contributed by atoms with Crippen LogP contribution in [0.2, 0.25) is 0 Å². The normalized spacial score (nSPS) is 10.6. The van der Waals surface area contributed by atoms with Crippen LogP contribution in [0.25, 0.3) is 0 Å². The summed E-state index contributed by atoms with van der Waals surface area (Å²) in [6, 6.07) is 0.543. The lowest BCUT2D eigenvalue weighted by Crippen LogP contribution is -2.28. The van der Waals surface area contributed by atoms with Crippen LogP contribution in [0.1, 0.15) is 13.8 Å². The maximum atomic E-state index is 4.00. The van der Waals surface area contributed by atoms with E-state index in [9.17, 15) is 0 Å². The van der Waals surface area contributed by atoms with Crippen LogP contribution in [0.5, 0.6) is 0 Å².